The van der Waals surface area contributed by atoms with Crippen molar-refractivity contribution in [2.75, 3.05) is 44.3 Å². The first-order valence-electron chi connectivity index (χ1n) is 9.26. The molecular weight excluding hydrogens is 348 g/mol. The van der Waals surface area contributed by atoms with Gasteiger partial charge in [0.05, 0.1) is 12.6 Å². The van der Waals surface area contributed by atoms with Gasteiger partial charge in [-0.05, 0) is 44.2 Å². The Balaban J connectivity index is 1.41. The topological polar surface area (TPSA) is 64.7 Å². The summed E-state index contributed by atoms with van der Waals surface area (Å²) >= 11 is 1.66. The number of anilines is 1. The van der Waals surface area contributed by atoms with E-state index < -0.39 is 0 Å². The van der Waals surface area contributed by atoms with Gasteiger partial charge in [-0.3, -0.25) is 19.4 Å². The van der Waals surface area contributed by atoms with Crippen LogP contribution in [0.2, 0.25) is 0 Å². The van der Waals surface area contributed by atoms with E-state index in [1.807, 2.05) is 37.4 Å². The molecule has 1 aliphatic heterocycles. The highest BCUT2D eigenvalue weighted by molar-refractivity contribution is 7.98. The van der Waals surface area contributed by atoms with Crippen molar-refractivity contribution in [1.29, 1.82) is 0 Å². The summed E-state index contributed by atoms with van der Waals surface area (Å²) in [7, 11) is 0. The monoisotopic (exact) mass is 376 g/mol. The Morgan fingerprint density at radius 3 is 2.62 bits per heavy atom. The molecule has 1 saturated carbocycles. The quantitative estimate of drug-likeness (QED) is 0.708. The first kappa shape index (κ1) is 19.2. The SMILES string of the molecule is CSc1cccc(NC(=O)CN2CCN(C(C)C(=O)NC3CC3)CC2)c1. The maximum absolute atomic E-state index is 12.3. The second-order valence-electron chi connectivity index (χ2n) is 7.05. The first-order valence-corrected chi connectivity index (χ1v) is 10.5. The number of thioether (sulfide) groups is 1. The van der Waals surface area contributed by atoms with Crippen LogP contribution in [0.5, 0.6) is 0 Å². The van der Waals surface area contributed by atoms with Crippen LogP contribution in [0.1, 0.15) is 19.8 Å². The number of carbonyl (C=O) groups excluding carboxylic acids is 2. The summed E-state index contributed by atoms with van der Waals surface area (Å²) in [5.41, 5.74) is 0.839. The van der Waals surface area contributed by atoms with Gasteiger partial charge >= 0.3 is 0 Å². The smallest absolute Gasteiger partial charge is 0.238 e. The molecule has 1 heterocycles. The zero-order valence-electron chi connectivity index (χ0n) is 15.5. The van der Waals surface area contributed by atoms with E-state index in [4.69, 9.17) is 0 Å². The average Bonchev–Trinajstić information content (AvgIpc) is 3.45. The zero-order chi connectivity index (χ0) is 18.5. The van der Waals surface area contributed by atoms with Gasteiger partial charge in [0.25, 0.3) is 0 Å². The Hall–Kier alpha value is -1.57. The molecule has 7 heteroatoms. The largest absolute Gasteiger partial charge is 0.352 e. The summed E-state index contributed by atoms with van der Waals surface area (Å²) in [6.07, 6.45) is 4.24. The Bertz CT molecular complexity index is 642. The number of nitrogens with zero attached hydrogens (tertiary/aromatic N) is 2. The van der Waals surface area contributed by atoms with Crippen LogP contribution in [0.3, 0.4) is 0 Å². The van der Waals surface area contributed by atoms with Crippen LogP contribution in [0, 0.1) is 0 Å². The highest BCUT2D eigenvalue weighted by atomic mass is 32.2. The molecule has 0 aromatic heterocycles. The predicted molar refractivity (Wildman–Crippen MR) is 105 cm³/mol. The van der Waals surface area contributed by atoms with Crippen LogP contribution >= 0.6 is 11.8 Å². The summed E-state index contributed by atoms with van der Waals surface area (Å²) in [6, 6.07) is 8.19. The van der Waals surface area contributed by atoms with Crippen molar-refractivity contribution in [2.45, 2.75) is 36.7 Å². The van der Waals surface area contributed by atoms with E-state index in [0.717, 1.165) is 49.6 Å². The molecule has 0 bridgehead atoms. The van der Waals surface area contributed by atoms with Crippen molar-refractivity contribution in [3.05, 3.63) is 24.3 Å². The molecule has 1 aliphatic carbocycles. The Morgan fingerprint density at radius 2 is 1.96 bits per heavy atom. The van der Waals surface area contributed by atoms with Gasteiger partial charge in [-0.15, -0.1) is 11.8 Å². The molecule has 0 radical (unpaired) electrons. The third-order valence-corrected chi connectivity index (χ3v) is 5.70. The minimum Gasteiger partial charge on any atom is -0.352 e. The Morgan fingerprint density at radius 1 is 1.23 bits per heavy atom. The molecular formula is C19H28N4O2S. The Kier molecular flexibility index (Phi) is 6.56. The minimum absolute atomic E-state index is 0.0104. The zero-order valence-corrected chi connectivity index (χ0v) is 16.3. The van der Waals surface area contributed by atoms with E-state index in [9.17, 15) is 9.59 Å². The van der Waals surface area contributed by atoms with E-state index in [1.54, 1.807) is 11.8 Å². The number of carbonyl (C=O) groups is 2. The predicted octanol–water partition coefficient (Wildman–Crippen LogP) is 1.63. The van der Waals surface area contributed by atoms with Crippen molar-refractivity contribution in [1.82, 2.24) is 15.1 Å². The lowest BCUT2D eigenvalue weighted by Gasteiger charge is -2.37. The third kappa shape index (κ3) is 5.46. The van der Waals surface area contributed by atoms with E-state index in [2.05, 4.69) is 20.4 Å². The molecule has 0 spiro atoms. The second kappa shape index (κ2) is 8.88. The van der Waals surface area contributed by atoms with Crippen LogP contribution in [0.15, 0.2) is 29.2 Å². The molecule has 1 unspecified atom stereocenters. The van der Waals surface area contributed by atoms with Gasteiger partial charge in [0, 0.05) is 42.8 Å². The molecule has 3 rings (SSSR count). The van der Waals surface area contributed by atoms with Crippen molar-refractivity contribution >= 4 is 29.3 Å². The maximum atomic E-state index is 12.3. The van der Waals surface area contributed by atoms with Crippen LogP contribution in [0.4, 0.5) is 5.69 Å². The standard InChI is InChI=1S/C19H28N4O2S/c1-14(19(25)21-15-6-7-15)23-10-8-22(9-11-23)13-18(24)20-16-4-3-5-17(12-16)26-2/h3-5,12,14-15H,6-11,13H2,1-2H3,(H,20,24)(H,21,25). The minimum atomic E-state index is -0.0964. The highest BCUT2D eigenvalue weighted by Crippen LogP contribution is 2.20. The lowest BCUT2D eigenvalue weighted by Crippen LogP contribution is -2.55. The number of hydrogen-bond donors (Lipinski definition) is 2. The summed E-state index contributed by atoms with van der Waals surface area (Å²) in [6.45, 7) is 5.60. The van der Waals surface area contributed by atoms with Crippen LogP contribution in [0.25, 0.3) is 0 Å². The van der Waals surface area contributed by atoms with Gasteiger partial charge < -0.3 is 10.6 Å². The number of amides is 2. The number of rotatable bonds is 7. The summed E-state index contributed by atoms with van der Waals surface area (Å²) in [4.78, 5) is 30.0. The van der Waals surface area contributed by atoms with Crippen molar-refractivity contribution in [3.8, 4) is 0 Å². The molecule has 1 saturated heterocycles. The molecule has 1 aromatic rings. The summed E-state index contributed by atoms with van der Waals surface area (Å²) in [5.74, 6) is 0.142. The van der Waals surface area contributed by atoms with Crippen LogP contribution in [-0.4, -0.2) is 72.7 Å². The second-order valence-corrected chi connectivity index (χ2v) is 7.93. The fourth-order valence-corrected chi connectivity index (χ4v) is 3.59. The van der Waals surface area contributed by atoms with Crippen LogP contribution < -0.4 is 10.6 Å². The molecule has 2 N–H and O–H groups in total. The van der Waals surface area contributed by atoms with Crippen molar-refractivity contribution in [3.63, 3.8) is 0 Å². The van der Waals surface area contributed by atoms with E-state index in [-0.39, 0.29) is 17.9 Å². The van der Waals surface area contributed by atoms with Crippen molar-refractivity contribution in [2.24, 2.45) is 0 Å². The number of piperazine rings is 1. The molecule has 6 nitrogen and oxygen atoms in total. The number of hydrogen-bond acceptors (Lipinski definition) is 5. The van der Waals surface area contributed by atoms with Gasteiger partial charge in [0.15, 0.2) is 0 Å². The fourth-order valence-electron chi connectivity index (χ4n) is 3.13. The third-order valence-electron chi connectivity index (χ3n) is 4.98. The lowest BCUT2D eigenvalue weighted by molar-refractivity contribution is -0.127. The summed E-state index contributed by atoms with van der Waals surface area (Å²) in [5, 5.41) is 6.04. The average molecular weight is 377 g/mol. The molecule has 2 aliphatic rings. The molecule has 1 atom stereocenters. The van der Waals surface area contributed by atoms with E-state index in [1.165, 1.54) is 0 Å². The lowest BCUT2D eigenvalue weighted by atomic mass is 10.2. The van der Waals surface area contributed by atoms with E-state index >= 15 is 0 Å². The van der Waals surface area contributed by atoms with Gasteiger partial charge in [0.1, 0.15) is 0 Å². The Labute approximate surface area is 159 Å². The van der Waals surface area contributed by atoms with E-state index in [0.29, 0.717) is 12.6 Å². The van der Waals surface area contributed by atoms with Gasteiger partial charge in [-0.2, -0.15) is 0 Å². The first-order chi connectivity index (χ1) is 12.5. The van der Waals surface area contributed by atoms with Gasteiger partial charge in [0.2, 0.25) is 11.8 Å². The molecule has 26 heavy (non-hydrogen) atoms. The fraction of sp³-hybridized carbons (Fsp3) is 0.579. The number of benzene rings is 1. The normalized spacial score (nSPS) is 19.8. The highest BCUT2D eigenvalue weighted by Gasteiger charge is 2.30. The molecule has 142 valence electrons. The molecule has 1 aromatic carbocycles. The van der Waals surface area contributed by atoms with Crippen molar-refractivity contribution < 1.29 is 9.59 Å². The van der Waals surface area contributed by atoms with Gasteiger partial charge in [-0.1, -0.05) is 6.07 Å². The molecule has 2 amide bonds. The van der Waals surface area contributed by atoms with Crippen LogP contribution in [-0.2, 0) is 9.59 Å². The number of nitrogens with one attached hydrogen (secondary N) is 2. The maximum Gasteiger partial charge on any atom is 0.238 e. The van der Waals surface area contributed by atoms with Gasteiger partial charge in [-0.25, -0.2) is 0 Å². The molecule has 2 fully saturated rings. The summed E-state index contributed by atoms with van der Waals surface area (Å²) < 4.78 is 0.